The predicted molar refractivity (Wildman–Crippen MR) is 241 cm³/mol. The van der Waals surface area contributed by atoms with E-state index in [4.69, 9.17) is 0 Å². The van der Waals surface area contributed by atoms with Crippen LogP contribution in [-0.2, 0) is 0 Å². The van der Waals surface area contributed by atoms with Gasteiger partial charge in [0.2, 0.25) is 0 Å². The van der Waals surface area contributed by atoms with Crippen LogP contribution in [0.4, 0.5) is 0 Å². The van der Waals surface area contributed by atoms with E-state index in [1.807, 2.05) is 36.9 Å². The minimum Gasteiger partial charge on any atom is -0.306 e. The molecule has 0 aliphatic heterocycles. The van der Waals surface area contributed by atoms with Gasteiger partial charge in [-0.25, -0.2) is 0 Å². The van der Waals surface area contributed by atoms with Gasteiger partial charge in [-0.3, -0.25) is 9.97 Å². The van der Waals surface area contributed by atoms with Crippen molar-refractivity contribution in [3.8, 4) is 56.1 Å². The molecule has 0 N–H and O–H groups in total. The molecule has 0 bridgehead atoms. The van der Waals surface area contributed by atoms with E-state index in [1.165, 1.54) is 76.4 Å². The highest BCUT2D eigenvalue weighted by molar-refractivity contribution is 6.35. The standard InChI is InChI=1S/C54H34N4/c1-5-15-35(16-6-1)49-45-31-39-25-28-44-48-40(26-27-43(47(39)48)53(45)57(41-23-13-29-55-33-41)51(49)37-19-9-3-10-20-37)32-46-50(36-17-7-2-8-18-36)52(38-21-11-4-12-22-38)58(54(44)46)42-24-14-30-56-34-42/h1-34H. The molecule has 4 nitrogen and oxygen atoms in total. The molecule has 0 aliphatic carbocycles. The smallest absolute Gasteiger partial charge is 0.0645 e. The van der Waals surface area contributed by atoms with Crippen LogP contribution in [0.3, 0.4) is 0 Å². The molecule has 8 aromatic carbocycles. The average molecular weight is 739 g/mol. The molecule has 0 aliphatic rings. The third kappa shape index (κ3) is 4.76. The molecule has 4 aromatic heterocycles. The van der Waals surface area contributed by atoms with E-state index in [-0.39, 0.29) is 0 Å². The van der Waals surface area contributed by atoms with E-state index in [2.05, 4.69) is 189 Å². The summed E-state index contributed by atoms with van der Waals surface area (Å²) >= 11 is 0. The van der Waals surface area contributed by atoms with E-state index in [0.717, 1.165) is 33.9 Å². The second-order valence-corrected chi connectivity index (χ2v) is 15.0. The molecular weight excluding hydrogens is 705 g/mol. The Kier molecular flexibility index (Phi) is 7.20. The van der Waals surface area contributed by atoms with Crippen molar-refractivity contribution in [3.05, 3.63) is 207 Å². The molecule has 0 unspecified atom stereocenters. The van der Waals surface area contributed by atoms with Crippen LogP contribution in [0.5, 0.6) is 0 Å². The maximum atomic E-state index is 4.65. The van der Waals surface area contributed by atoms with Crippen LogP contribution in [0, 0.1) is 0 Å². The molecule has 12 rings (SSSR count). The van der Waals surface area contributed by atoms with E-state index in [1.54, 1.807) is 0 Å². The SMILES string of the molecule is c1ccc(-c2c(-c3ccccc3)n(-c3cccnc3)c3c2cc2ccc4c5c(ccc3c25)cc2c(-c3ccccc3)c(-c3ccccc3)n(-c3cccnc3)c24)cc1. The van der Waals surface area contributed by atoms with E-state index in [0.29, 0.717) is 0 Å². The van der Waals surface area contributed by atoms with Gasteiger partial charge in [0.1, 0.15) is 0 Å². The summed E-state index contributed by atoms with van der Waals surface area (Å²) < 4.78 is 4.89. The minimum atomic E-state index is 1.02. The summed E-state index contributed by atoms with van der Waals surface area (Å²) in [6.07, 6.45) is 7.67. The van der Waals surface area contributed by atoms with Crippen molar-refractivity contribution in [2.45, 2.75) is 0 Å². The fourth-order valence-corrected chi connectivity index (χ4v) is 9.51. The number of hydrogen-bond acceptors (Lipinski definition) is 2. The Morgan fingerprint density at radius 2 is 0.707 bits per heavy atom. The maximum Gasteiger partial charge on any atom is 0.0645 e. The highest BCUT2D eigenvalue weighted by atomic mass is 15.0. The first kappa shape index (κ1) is 32.4. The minimum absolute atomic E-state index is 1.02. The van der Waals surface area contributed by atoms with Gasteiger partial charge in [-0.2, -0.15) is 0 Å². The molecule has 0 saturated carbocycles. The first-order valence-corrected chi connectivity index (χ1v) is 19.7. The lowest BCUT2D eigenvalue weighted by atomic mass is 9.89. The zero-order valence-corrected chi connectivity index (χ0v) is 31.4. The Labute approximate surface area is 334 Å². The summed E-state index contributed by atoms with van der Waals surface area (Å²) in [6.45, 7) is 0. The second-order valence-electron chi connectivity index (χ2n) is 15.0. The quantitative estimate of drug-likeness (QED) is 0.159. The van der Waals surface area contributed by atoms with Gasteiger partial charge in [-0.1, -0.05) is 146 Å². The normalized spacial score (nSPS) is 11.8. The van der Waals surface area contributed by atoms with Gasteiger partial charge in [0.15, 0.2) is 0 Å². The highest BCUT2D eigenvalue weighted by Gasteiger charge is 2.28. The number of benzene rings is 8. The fraction of sp³-hybridized carbons (Fsp3) is 0. The van der Waals surface area contributed by atoms with Gasteiger partial charge >= 0.3 is 0 Å². The first-order chi connectivity index (χ1) is 28.8. The van der Waals surface area contributed by atoms with E-state index >= 15 is 0 Å². The summed E-state index contributed by atoms with van der Waals surface area (Å²) in [5.41, 5.74) is 13.8. The summed E-state index contributed by atoms with van der Waals surface area (Å²) in [5.74, 6) is 0. The number of fused-ring (bicyclic) bond motifs is 4. The van der Waals surface area contributed by atoms with Crippen LogP contribution >= 0.6 is 0 Å². The van der Waals surface area contributed by atoms with Gasteiger partial charge in [0.05, 0.1) is 46.2 Å². The average Bonchev–Trinajstić information content (AvgIpc) is 3.83. The van der Waals surface area contributed by atoms with Crippen LogP contribution in [0.2, 0.25) is 0 Å². The first-order valence-electron chi connectivity index (χ1n) is 19.7. The van der Waals surface area contributed by atoms with Crippen LogP contribution in [0.25, 0.3) is 110 Å². The number of rotatable bonds is 6. The number of pyridine rings is 2. The monoisotopic (exact) mass is 738 g/mol. The number of nitrogens with zero attached hydrogens (tertiary/aromatic N) is 4. The molecule has 0 spiro atoms. The Morgan fingerprint density at radius 1 is 0.328 bits per heavy atom. The lowest BCUT2D eigenvalue weighted by Crippen LogP contribution is -1.99. The zero-order chi connectivity index (χ0) is 38.2. The molecule has 4 heterocycles. The van der Waals surface area contributed by atoms with Crippen molar-refractivity contribution >= 4 is 54.1 Å². The van der Waals surface area contributed by atoms with Crippen LogP contribution in [0.15, 0.2) is 207 Å². The Balaban J connectivity index is 1.29. The summed E-state index contributed by atoms with van der Waals surface area (Å²) in [5, 5.41) is 9.78. The number of hydrogen-bond donors (Lipinski definition) is 0. The van der Waals surface area contributed by atoms with Crippen molar-refractivity contribution in [2.75, 3.05) is 0 Å². The third-order valence-electron chi connectivity index (χ3n) is 11.8. The largest absolute Gasteiger partial charge is 0.306 e. The van der Waals surface area contributed by atoms with Crippen LogP contribution in [0.1, 0.15) is 0 Å². The molecule has 0 radical (unpaired) electrons. The van der Waals surface area contributed by atoms with Crippen molar-refractivity contribution in [1.82, 2.24) is 19.1 Å². The summed E-state index contributed by atoms with van der Waals surface area (Å²) in [7, 11) is 0. The van der Waals surface area contributed by atoms with Gasteiger partial charge in [-0.15, -0.1) is 0 Å². The van der Waals surface area contributed by atoms with E-state index in [9.17, 15) is 0 Å². The van der Waals surface area contributed by atoms with Gasteiger partial charge < -0.3 is 9.13 Å². The van der Waals surface area contributed by atoms with Gasteiger partial charge in [0, 0.05) is 45.1 Å². The summed E-state index contributed by atoms with van der Waals surface area (Å²) in [6, 6.07) is 65.9. The fourth-order valence-electron chi connectivity index (χ4n) is 9.51. The molecule has 0 saturated heterocycles. The highest BCUT2D eigenvalue weighted by Crippen LogP contribution is 2.51. The number of aromatic nitrogens is 4. The summed E-state index contributed by atoms with van der Waals surface area (Å²) in [4.78, 5) is 9.30. The molecule has 58 heavy (non-hydrogen) atoms. The second kappa shape index (κ2) is 12.9. The molecule has 0 amide bonds. The molecular formula is C54H34N4. The Bertz CT molecular complexity index is 3210. The zero-order valence-electron chi connectivity index (χ0n) is 31.4. The molecule has 0 fully saturated rings. The van der Waals surface area contributed by atoms with Crippen molar-refractivity contribution < 1.29 is 0 Å². The van der Waals surface area contributed by atoms with Crippen LogP contribution < -0.4 is 0 Å². The molecule has 4 heteroatoms. The van der Waals surface area contributed by atoms with Gasteiger partial charge in [-0.05, 0) is 80.2 Å². The van der Waals surface area contributed by atoms with E-state index < -0.39 is 0 Å². The molecule has 12 aromatic rings. The predicted octanol–water partition coefficient (Wildman–Crippen LogP) is 13.9. The Morgan fingerprint density at radius 3 is 1.07 bits per heavy atom. The lowest BCUT2D eigenvalue weighted by molar-refractivity contribution is 1.11. The Hall–Kier alpha value is -7.82. The van der Waals surface area contributed by atoms with Gasteiger partial charge in [0.25, 0.3) is 0 Å². The van der Waals surface area contributed by atoms with Crippen molar-refractivity contribution in [1.29, 1.82) is 0 Å². The lowest BCUT2D eigenvalue weighted by Gasteiger charge is -2.17. The van der Waals surface area contributed by atoms with Crippen molar-refractivity contribution in [3.63, 3.8) is 0 Å². The maximum absolute atomic E-state index is 4.65. The third-order valence-corrected chi connectivity index (χ3v) is 11.8. The van der Waals surface area contributed by atoms with Crippen molar-refractivity contribution in [2.24, 2.45) is 0 Å². The topological polar surface area (TPSA) is 35.6 Å². The van der Waals surface area contributed by atoms with Crippen LogP contribution in [-0.4, -0.2) is 19.1 Å². The molecule has 270 valence electrons. The molecule has 0 atom stereocenters.